The summed E-state index contributed by atoms with van der Waals surface area (Å²) in [5.41, 5.74) is -3.97. The van der Waals surface area contributed by atoms with Crippen LogP contribution in [0, 0.1) is 0 Å². The first-order valence-corrected chi connectivity index (χ1v) is 9.49. The van der Waals surface area contributed by atoms with Crippen molar-refractivity contribution >= 4 is 22.9 Å². The van der Waals surface area contributed by atoms with Gasteiger partial charge in [-0.05, 0) is 29.8 Å². The van der Waals surface area contributed by atoms with E-state index in [1.54, 1.807) is 0 Å². The molecule has 0 saturated carbocycles. The van der Waals surface area contributed by atoms with Crippen LogP contribution in [0.1, 0.15) is 23.7 Å². The van der Waals surface area contributed by atoms with E-state index in [2.05, 4.69) is 20.6 Å². The number of carbonyl (C=O) groups excluding carboxylic acids is 1. The van der Waals surface area contributed by atoms with Gasteiger partial charge < -0.3 is 10.6 Å². The summed E-state index contributed by atoms with van der Waals surface area (Å²) >= 11 is 0. The van der Waals surface area contributed by atoms with E-state index in [-0.39, 0.29) is 36.6 Å². The molecule has 0 unspecified atom stereocenters. The number of rotatable bonds is 6. The second-order valence-electron chi connectivity index (χ2n) is 6.99. The Hall–Kier alpha value is -3.64. The van der Waals surface area contributed by atoms with Gasteiger partial charge in [0, 0.05) is 26.6 Å². The van der Waals surface area contributed by atoms with E-state index in [1.165, 1.54) is 31.2 Å². The van der Waals surface area contributed by atoms with Crippen molar-refractivity contribution < 1.29 is 31.1 Å². The molecule has 0 atom stereocenters. The molecule has 1 amide bonds. The SMILES string of the molecule is CC(=O)NCCn1c(=O)c(C(F)(F)F)nc2ccc(NCc3cccc(C(F)(F)F)c3)nc21. The minimum Gasteiger partial charge on any atom is -0.366 e. The van der Waals surface area contributed by atoms with E-state index in [4.69, 9.17) is 0 Å². The molecule has 0 radical (unpaired) electrons. The summed E-state index contributed by atoms with van der Waals surface area (Å²) in [6.07, 6.45) is -9.51. The van der Waals surface area contributed by atoms with E-state index < -0.39 is 35.1 Å². The number of nitrogens with zero attached hydrogens (tertiary/aromatic N) is 3. The minimum absolute atomic E-state index is 0.0629. The van der Waals surface area contributed by atoms with Crippen LogP contribution >= 0.6 is 0 Å². The fourth-order valence-corrected chi connectivity index (χ4v) is 3.00. The number of halogens is 6. The molecule has 0 aliphatic heterocycles. The Labute approximate surface area is 182 Å². The van der Waals surface area contributed by atoms with Crippen molar-refractivity contribution in [3.8, 4) is 0 Å². The molecule has 2 heterocycles. The Morgan fingerprint density at radius 3 is 2.39 bits per heavy atom. The highest BCUT2D eigenvalue weighted by Crippen LogP contribution is 2.30. The zero-order valence-corrected chi connectivity index (χ0v) is 17.0. The van der Waals surface area contributed by atoms with Gasteiger partial charge in [-0.2, -0.15) is 26.3 Å². The molecule has 0 spiro atoms. The highest BCUT2D eigenvalue weighted by molar-refractivity contribution is 5.73. The smallest absolute Gasteiger partial charge is 0.366 e. The van der Waals surface area contributed by atoms with Crippen LogP contribution in [-0.2, 0) is 30.2 Å². The minimum atomic E-state index is -5.00. The molecule has 2 aromatic heterocycles. The van der Waals surface area contributed by atoms with Crippen molar-refractivity contribution in [2.45, 2.75) is 32.4 Å². The van der Waals surface area contributed by atoms with Crippen LogP contribution in [0.2, 0.25) is 0 Å². The van der Waals surface area contributed by atoms with Crippen LogP contribution in [0.4, 0.5) is 32.2 Å². The molecule has 13 heteroatoms. The van der Waals surface area contributed by atoms with Gasteiger partial charge in [-0.25, -0.2) is 9.97 Å². The number of alkyl halides is 6. The molecule has 0 aliphatic carbocycles. The fraction of sp³-hybridized carbons (Fsp3) is 0.300. The first-order valence-electron chi connectivity index (χ1n) is 9.49. The maximum Gasteiger partial charge on any atom is 0.438 e. The zero-order valence-electron chi connectivity index (χ0n) is 17.0. The average Bonchev–Trinajstić information content (AvgIpc) is 2.72. The lowest BCUT2D eigenvalue weighted by Crippen LogP contribution is -2.34. The second kappa shape index (κ2) is 9.08. The van der Waals surface area contributed by atoms with Crippen molar-refractivity contribution in [2.24, 2.45) is 0 Å². The molecule has 1 aromatic carbocycles. The number of hydrogen-bond donors (Lipinski definition) is 2. The van der Waals surface area contributed by atoms with E-state index in [0.717, 1.165) is 16.7 Å². The normalized spacial score (nSPS) is 12.1. The lowest BCUT2D eigenvalue weighted by atomic mass is 10.1. The monoisotopic (exact) mass is 473 g/mol. The molecule has 176 valence electrons. The maximum atomic E-state index is 13.3. The molecule has 0 bridgehead atoms. The Morgan fingerprint density at radius 2 is 1.76 bits per heavy atom. The molecule has 3 rings (SSSR count). The van der Waals surface area contributed by atoms with Gasteiger partial charge in [-0.15, -0.1) is 0 Å². The lowest BCUT2D eigenvalue weighted by molar-refractivity contribution is -0.142. The number of aromatic nitrogens is 3. The van der Waals surface area contributed by atoms with Gasteiger partial charge in [-0.3, -0.25) is 14.2 Å². The molecule has 0 saturated heterocycles. The van der Waals surface area contributed by atoms with Gasteiger partial charge in [-0.1, -0.05) is 12.1 Å². The summed E-state index contributed by atoms with van der Waals surface area (Å²) < 4.78 is 79.1. The van der Waals surface area contributed by atoms with E-state index >= 15 is 0 Å². The first-order chi connectivity index (χ1) is 15.4. The van der Waals surface area contributed by atoms with Crippen LogP contribution in [0.3, 0.4) is 0 Å². The maximum absolute atomic E-state index is 13.3. The molecule has 2 N–H and O–H groups in total. The zero-order chi connectivity index (χ0) is 24.4. The van der Waals surface area contributed by atoms with Crippen LogP contribution < -0.4 is 16.2 Å². The lowest BCUT2D eigenvalue weighted by Gasteiger charge is -2.14. The number of pyridine rings is 1. The predicted octanol–water partition coefficient (Wildman–Crippen LogP) is 3.58. The Morgan fingerprint density at radius 1 is 1.03 bits per heavy atom. The molecule has 33 heavy (non-hydrogen) atoms. The highest BCUT2D eigenvalue weighted by Gasteiger charge is 2.37. The number of hydrogen-bond acceptors (Lipinski definition) is 5. The largest absolute Gasteiger partial charge is 0.438 e. The summed E-state index contributed by atoms with van der Waals surface area (Å²) in [5.74, 6) is -0.331. The van der Waals surface area contributed by atoms with Gasteiger partial charge >= 0.3 is 12.4 Å². The van der Waals surface area contributed by atoms with E-state index in [0.29, 0.717) is 5.56 Å². The topological polar surface area (TPSA) is 88.9 Å². The van der Waals surface area contributed by atoms with E-state index in [1.807, 2.05) is 0 Å². The highest BCUT2D eigenvalue weighted by atomic mass is 19.4. The third-order valence-corrected chi connectivity index (χ3v) is 4.50. The first kappa shape index (κ1) is 24.0. The van der Waals surface area contributed by atoms with Gasteiger partial charge in [0.25, 0.3) is 5.56 Å². The number of nitrogens with one attached hydrogen (secondary N) is 2. The van der Waals surface area contributed by atoms with Crippen LogP contribution in [0.25, 0.3) is 11.2 Å². The average molecular weight is 473 g/mol. The van der Waals surface area contributed by atoms with Crippen LogP contribution in [0.5, 0.6) is 0 Å². The van der Waals surface area contributed by atoms with Crippen LogP contribution in [-0.4, -0.2) is 27.0 Å². The predicted molar refractivity (Wildman–Crippen MR) is 106 cm³/mol. The third kappa shape index (κ3) is 5.79. The van der Waals surface area contributed by atoms with Crippen molar-refractivity contribution in [2.75, 3.05) is 11.9 Å². The molecular weight excluding hydrogens is 456 g/mol. The molecule has 3 aromatic rings. The van der Waals surface area contributed by atoms with Gasteiger partial charge in [0.15, 0.2) is 5.65 Å². The number of anilines is 1. The van der Waals surface area contributed by atoms with Gasteiger partial charge in [0.1, 0.15) is 11.3 Å². The summed E-state index contributed by atoms with van der Waals surface area (Å²) in [6, 6.07) is 7.09. The molecular formula is C20H17F6N5O2. The van der Waals surface area contributed by atoms with Gasteiger partial charge in [0.2, 0.25) is 11.6 Å². The van der Waals surface area contributed by atoms with Gasteiger partial charge in [0.05, 0.1) is 5.56 Å². The summed E-state index contributed by atoms with van der Waals surface area (Å²) in [6.45, 7) is 0.717. The number of carbonyl (C=O) groups is 1. The Bertz CT molecular complexity index is 1240. The fourth-order valence-electron chi connectivity index (χ4n) is 3.00. The molecule has 0 aliphatic rings. The van der Waals surface area contributed by atoms with Crippen molar-refractivity contribution in [1.29, 1.82) is 0 Å². The van der Waals surface area contributed by atoms with Crippen LogP contribution in [0.15, 0.2) is 41.2 Å². The Balaban J connectivity index is 1.95. The summed E-state index contributed by atoms with van der Waals surface area (Å²) in [7, 11) is 0. The van der Waals surface area contributed by atoms with Crippen molar-refractivity contribution in [1.82, 2.24) is 19.9 Å². The third-order valence-electron chi connectivity index (χ3n) is 4.50. The van der Waals surface area contributed by atoms with Crippen molar-refractivity contribution in [3.05, 3.63) is 63.6 Å². The van der Waals surface area contributed by atoms with Crippen molar-refractivity contribution in [3.63, 3.8) is 0 Å². The molecule has 7 nitrogen and oxygen atoms in total. The second-order valence-corrected chi connectivity index (χ2v) is 6.99. The number of amides is 1. The Kier molecular flexibility index (Phi) is 6.60. The molecule has 0 fully saturated rings. The summed E-state index contributed by atoms with van der Waals surface area (Å²) in [5, 5.41) is 5.17. The number of fused-ring (bicyclic) bond motifs is 1. The summed E-state index contributed by atoms with van der Waals surface area (Å²) in [4.78, 5) is 31.0. The quantitative estimate of drug-likeness (QED) is 0.535. The number of benzene rings is 1. The van der Waals surface area contributed by atoms with E-state index in [9.17, 15) is 35.9 Å². The standard InChI is InChI=1S/C20H17F6N5O2/c1-11(32)27-7-8-31-17-14(29-16(18(31)33)20(24,25)26)5-6-15(30-17)28-10-12-3-2-4-13(9-12)19(21,22)23/h2-6,9H,7-8,10H2,1H3,(H,27,32)(H,28,30).